The number of nitrogens with one attached hydrogen (secondary N) is 1. The maximum Gasteiger partial charge on any atom is 0.317 e. The molecule has 5 nitrogen and oxygen atoms in total. The molecule has 0 bridgehead atoms. The average molecular weight is 228 g/mol. The van der Waals surface area contributed by atoms with Gasteiger partial charge in [0.25, 0.3) is 0 Å². The molecule has 5 heteroatoms. The Morgan fingerprint density at radius 2 is 1.88 bits per heavy atom. The van der Waals surface area contributed by atoms with Crippen molar-refractivity contribution in [2.24, 2.45) is 0 Å². The molecular formula is C11H20N2O3. The van der Waals surface area contributed by atoms with E-state index in [1.54, 1.807) is 4.90 Å². The van der Waals surface area contributed by atoms with Crippen LogP contribution in [-0.4, -0.2) is 48.6 Å². The largest absolute Gasteiger partial charge is 0.372 e. The van der Waals surface area contributed by atoms with Crippen LogP contribution in [0.4, 0.5) is 4.79 Å². The van der Waals surface area contributed by atoms with Gasteiger partial charge in [-0.1, -0.05) is 0 Å². The van der Waals surface area contributed by atoms with Crippen LogP contribution in [0.2, 0.25) is 0 Å². The number of rotatable bonds is 3. The average Bonchev–Trinajstić information content (AvgIpc) is 2.15. The maximum absolute atomic E-state index is 11.7. The second-order valence-electron chi connectivity index (χ2n) is 4.35. The van der Waals surface area contributed by atoms with E-state index < -0.39 is 0 Å². The van der Waals surface area contributed by atoms with Gasteiger partial charge in [0.2, 0.25) is 0 Å². The van der Waals surface area contributed by atoms with Crippen molar-refractivity contribution in [1.29, 1.82) is 0 Å². The molecule has 0 aromatic heterocycles. The first-order chi connectivity index (χ1) is 7.49. The number of carbonyl (C=O) groups excluding carboxylic acids is 2. The van der Waals surface area contributed by atoms with E-state index in [2.05, 4.69) is 5.32 Å². The Labute approximate surface area is 96.1 Å². The molecule has 92 valence electrons. The van der Waals surface area contributed by atoms with Gasteiger partial charge in [-0.05, 0) is 20.8 Å². The Kier molecular flexibility index (Phi) is 4.73. The van der Waals surface area contributed by atoms with Gasteiger partial charge < -0.3 is 15.0 Å². The fourth-order valence-electron chi connectivity index (χ4n) is 1.80. The first-order valence-corrected chi connectivity index (χ1v) is 5.66. The summed E-state index contributed by atoms with van der Waals surface area (Å²) in [6, 6.07) is -0.108. The molecule has 0 saturated carbocycles. The number of hydrogen-bond donors (Lipinski definition) is 1. The van der Waals surface area contributed by atoms with E-state index in [9.17, 15) is 9.59 Å². The van der Waals surface area contributed by atoms with Crippen LogP contribution in [0, 0.1) is 0 Å². The van der Waals surface area contributed by atoms with E-state index in [0.717, 1.165) is 0 Å². The van der Waals surface area contributed by atoms with Gasteiger partial charge in [0.15, 0.2) is 0 Å². The summed E-state index contributed by atoms with van der Waals surface area (Å²) >= 11 is 0. The van der Waals surface area contributed by atoms with Crippen LogP contribution in [0.15, 0.2) is 0 Å². The fraction of sp³-hybridized carbons (Fsp3) is 0.818. The molecule has 1 rings (SSSR count). The minimum Gasteiger partial charge on any atom is -0.372 e. The van der Waals surface area contributed by atoms with Crippen LogP contribution >= 0.6 is 0 Å². The number of ether oxygens (including phenoxy) is 1. The van der Waals surface area contributed by atoms with Gasteiger partial charge in [0.05, 0.1) is 12.2 Å². The Hall–Kier alpha value is -1.10. The van der Waals surface area contributed by atoms with Gasteiger partial charge >= 0.3 is 6.03 Å². The minimum atomic E-state index is -0.108. The summed E-state index contributed by atoms with van der Waals surface area (Å²) in [5.41, 5.74) is 0. The van der Waals surface area contributed by atoms with E-state index in [1.165, 1.54) is 6.92 Å². The number of carbonyl (C=O) groups is 2. The molecule has 1 fully saturated rings. The van der Waals surface area contributed by atoms with Crippen molar-refractivity contribution in [3.63, 3.8) is 0 Å². The number of amides is 2. The van der Waals surface area contributed by atoms with E-state index in [0.29, 0.717) is 26.1 Å². The summed E-state index contributed by atoms with van der Waals surface area (Å²) in [6.45, 7) is 7.04. The number of urea groups is 1. The quantitative estimate of drug-likeness (QED) is 0.776. The highest BCUT2D eigenvalue weighted by molar-refractivity contribution is 5.78. The molecule has 0 aliphatic carbocycles. The Morgan fingerprint density at radius 3 is 2.38 bits per heavy atom. The summed E-state index contributed by atoms with van der Waals surface area (Å²) in [5.74, 6) is 0.0870. The highest BCUT2D eigenvalue weighted by Gasteiger charge is 2.25. The highest BCUT2D eigenvalue weighted by Crippen LogP contribution is 2.10. The van der Waals surface area contributed by atoms with E-state index in [4.69, 9.17) is 4.74 Å². The van der Waals surface area contributed by atoms with Gasteiger partial charge in [0, 0.05) is 26.1 Å². The van der Waals surface area contributed by atoms with Crippen molar-refractivity contribution < 1.29 is 14.3 Å². The van der Waals surface area contributed by atoms with Gasteiger partial charge in [-0.3, -0.25) is 4.79 Å². The molecule has 16 heavy (non-hydrogen) atoms. The molecule has 1 saturated heterocycles. The number of nitrogens with zero attached hydrogens (tertiary/aromatic N) is 1. The number of ketones is 1. The van der Waals surface area contributed by atoms with Crippen molar-refractivity contribution in [2.45, 2.75) is 39.4 Å². The fourth-order valence-corrected chi connectivity index (χ4v) is 1.80. The molecule has 1 heterocycles. The molecule has 0 aromatic rings. The number of Topliss-reactive ketones (excluding diaryl/α,β-unsaturated/α-hetero) is 1. The topological polar surface area (TPSA) is 58.6 Å². The molecule has 0 spiro atoms. The molecular weight excluding hydrogens is 208 g/mol. The van der Waals surface area contributed by atoms with Gasteiger partial charge in [-0.2, -0.15) is 0 Å². The highest BCUT2D eigenvalue weighted by atomic mass is 16.5. The minimum absolute atomic E-state index is 0.0716. The number of morpholine rings is 1. The Bertz CT molecular complexity index is 258. The number of hydrogen-bond acceptors (Lipinski definition) is 3. The lowest BCUT2D eigenvalue weighted by atomic mass is 10.2. The van der Waals surface area contributed by atoms with E-state index in [-0.39, 0.29) is 24.0 Å². The molecule has 0 radical (unpaired) electrons. The second-order valence-corrected chi connectivity index (χ2v) is 4.35. The van der Waals surface area contributed by atoms with Crippen LogP contribution in [0.5, 0.6) is 0 Å². The molecule has 2 atom stereocenters. The molecule has 1 N–H and O–H groups in total. The smallest absolute Gasteiger partial charge is 0.317 e. The second kappa shape index (κ2) is 5.84. The maximum atomic E-state index is 11.7. The first kappa shape index (κ1) is 13.0. The van der Waals surface area contributed by atoms with Crippen molar-refractivity contribution >= 4 is 11.8 Å². The summed E-state index contributed by atoms with van der Waals surface area (Å²) in [7, 11) is 0. The lowest BCUT2D eigenvalue weighted by Gasteiger charge is -2.35. The van der Waals surface area contributed by atoms with Crippen molar-refractivity contribution in [1.82, 2.24) is 10.2 Å². The van der Waals surface area contributed by atoms with Crippen molar-refractivity contribution in [2.75, 3.05) is 19.6 Å². The molecule has 2 unspecified atom stereocenters. The van der Waals surface area contributed by atoms with E-state index in [1.807, 2.05) is 13.8 Å². The predicted molar refractivity (Wildman–Crippen MR) is 60.3 cm³/mol. The Balaban J connectivity index is 2.32. The van der Waals surface area contributed by atoms with Crippen LogP contribution in [0.25, 0.3) is 0 Å². The third-order valence-electron chi connectivity index (χ3n) is 2.46. The van der Waals surface area contributed by atoms with Gasteiger partial charge in [0.1, 0.15) is 5.78 Å². The van der Waals surface area contributed by atoms with E-state index >= 15 is 0 Å². The molecule has 1 aliphatic heterocycles. The summed E-state index contributed by atoms with van der Waals surface area (Å²) in [5, 5.41) is 2.74. The van der Waals surface area contributed by atoms with Crippen LogP contribution in [0.1, 0.15) is 27.2 Å². The molecule has 2 amide bonds. The standard InChI is InChI=1S/C11H20N2O3/c1-8(14)4-5-12-11(15)13-6-9(2)16-10(3)7-13/h9-10H,4-7H2,1-3H3,(H,12,15). The zero-order valence-corrected chi connectivity index (χ0v) is 10.2. The first-order valence-electron chi connectivity index (χ1n) is 5.66. The Morgan fingerprint density at radius 1 is 1.31 bits per heavy atom. The monoisotopic (exact) mass is 228 g/mol. The van der Waals surface area contributed by atoms with Gasteiger partial charge in [-0.15, -0.1) is 0 Å². The lowest BCUT2D eigenvalue weighted by Crippen LogP contribution is -2.51. The van der Waals surface area contributed by atoms with Crippen LogP contribution in [0.3, 0.4) is 0 Å². The van der Waals surface area contributed by atoms with Crippen LogP contribution in [-0.2, 0) is 9.53 Å². The normalized spacial score (nSPS) is 25.3. The SMILES string of the molecule is CC(=O)CCNC(=O)N1CC(C)OC(C)C1. The zero-order valence-electron chi connectivity index (χ0n) is 10.2. The van der Waals surface area contributed by atoms with Gasteiger partial charge in [-0.25, -0.2) is 4.79 Å². The molecule has 0 aromatic carbocycles. The summed E-state index contributed by atoms with van der Waals surface area (Å²) < 4.78 is 5.53. The zero-order chi connectivity index (χ0) is 12.1. The van der Waals surface area contributed by atoms with Crippen molar-refractivity contribution in [3.05, 3.63) is 0 Å². The third kappa shape index (κ3) is 4.18. The molecule has 1 aliphatic rings. The predicted octanol–water partition coefficient (Wildman–Crippen LogP) is 0.784. The van der Waals surface area contributed by atoms with Crippen molar-refractivity contribution in [3.8, 4) is 0 Å². The summed E-state index contributed by atoms with van der Waals surface area (Å²) in [6.07, 6.45) is 0.533. The van der Waals surface area contributed by atoms with Crippen LogP contribution < -0.4 is 5.32 Å². The summed E-state index contributed by atoms with van der Waals surface area (Å²) in [4.78, 5) is 24.2. The third-order valence-corrected chi connectivity index (χ3v) is 2.46. The lowest BCUT2D eigenvalue weighted by molar-refractivity contribution is -0.116.